The van der Waals surface area contributed by atoms with Gasteiger partial charge in [0.05, 0.1) is 12.6 Å². The highest BCUT2D eigenvalue weighted by atomic mass is 16.5. The molecule has 1 saturated carbocycles. The second kappa shape index (κ2) is 8.91. The number of carbonyl (C=O) groups is 1. The molecule has 0 bridgehead atoms. The monoisotopic (exact) mass is 489 g/mol. The fraction of sp³-hybridized carbons (Fsp3) is 0.312. The number of hydrogen-bond donors (Lipinski definition) is 0. The van der Waals surface area contributed by atoms with Gasteiger partial charge in [-0.05, 0) is 66.0 Å². The largest absolute Gasteiger partial charge is 0.494 e. The van der Waals surface area contributed by atoms with Crippen LogP contribution < -0.4 is 4.74 Å². The highest BCUT2D eigenvalue weighted by Crippen LogP contribution is 2.36. The van der Waals surface area contributed by atoms with Crippen molar-refractivity contribution in [3.8, 4) is 28.3 Å². The molecule has 3 aliphatic rings. The van der Waals surface area contributed by atoms with Crippen molar-refractivity contribution in [1.29, 1.82) is 0 Å². The summed E-state index contributed by atoms with van der Waals surface area (Å²) in [4.78, 5) is 19.8. The van der Waals surface area contributed by atoms with Gasteiger partial charge in [-0.2, -0.15) is 0 Å². The lowest BCUT2D eigenvalue weighted by Crippen LogP contribution is -2.30. The van der Waals surface area contributed by atoms with E-state index >= 15 is 0 Å². The van der Waals surface area contributed by atoms with Crippen LogP contribution in [-0.2, 0) is 17.8 Å². The number of carbonyl (C=O) groups excluding carboxylic acids is 1. The summed E-state index contributed by atoms with van der Waals surface area (Å²) < 4.78 is 8.00. The zero-order valence-corrected chi connectivity index (χ0v) is 21.2. The number of nitrogens with zero attached hydrogens (tertiary/aromatic N) is 3. The minimum Gasteiger partial charge on any atom is -0.494 e. The summed E-state index contributed by atoms with van der Waals surface area (Å²) in [5.74, 6) is 2.81. The van der Waals surface area contributed by atoms with E-state index in [0.29, 0.717) is 11.8 Å². The third-order valence-corrected chi connectivity index (χ3v) is 8.18. The fourth-order valence-corrected chi connectivity index (χ4v) is 5.97. The molecule has 1 aliphatic heterocycles. The van der Waals surface area contributed by atoms with Gasteiger partial charge in [0.15, 0.2) is 0 Å². The molecule has 7 rings (SSSR count). The zero-order valence-electron chi connectivity index (χ0n) is 21.2. The molecule has 1 saturated heterocycles. The third-order valence-electron chi connectivity index (χ3n) is 8.18. The van der Waals surface area contributed by atoms with Gasteiger partial charge in [-0.25, -0.2) is 4.98 Å². The molecule has 2 heterocycles. The van der Waals surface area contributed by atoms with E-state index in [9.17, 15) is 4.79 Å². The molecule has 37 heavy (non-hydrogen) atoms. The Balaban J connectivity index is 1.22. The van der Waals surface area contributed by atoms with Crippen LogP contribution >= 0.6 is 0 Å². The Labute approximate surface area is 217 Å². The summed E-state index contributed by atoms with van der Waals surface area (Å²) in [5.41, 5.74) is 8.23. The standard InChI is InChI=1S/C32H31N3O2/c1-37-29-7-3-6-28-30(29)33-31(35(28)20-21-16-17-34(19-21)32(36)25-13-14-25)24-11-8-23(9-12-24)27-15-10-22-4-2-5-26(22)18-27/h2-4,6-12,15,18,21,25H,5,13-14,16-17,19-20H2,1H3. The van der Waals surface area contributed by atoms with Crippen LogP contribution in [0.15, 0.2) is 66.7 Å². The lowest BCUT2D eigenvalue weighted by atomic mass is 9.99. The van der Waals surface area contributed by atoms with Gasteiger partial charge in [0.1, 0.15) is 17.1 Å². The van der Waals surface area contributed by atoms with Crippen molar-refractivity contribution >= 4 is 23.0 Å². The Morgan fingerprint density at radius 1 is 1.00 bits per heavy atom. The van der Waals surface area contributed by atoms with Gasteiger partial charge in [0, 0.05) is 31.1 Å². The predicted octanol–water partition coefficient (Wildman–Crippen LogP) is 6.21. The molecule has 5 heteroatoms. The zero-order chi connectivity index (χ0) is 24.9. The molecule has 186 valence electrons. The van der Waals surface area contributed by atoms with E-state index in [-0.39, 0.29) is 5.92 Å². The Bertz CT molecular complexity index is 1530. The van der Waals surface area contributed by atoms with Crippen LogP contribution in [0.3, 0.4) is 0 Å². The smallest absolute Gasteiger partial charge is 0.225 e. The number of rotatable bonds is 6. The summed E-state index contributed by atoms with van der Waals surface area (Å²) in [6, 6.07) is 21.6. The minimum absolute atomic E-state index is 0.285. The second-order valence-electron chi connectivity index (χ2n) is 10.7. The maximum atomic E-state index is 12.6. The molecule has 1 unspecified atom stereocenters. The van der Waals surface area contributed by atoms with E-state index in [4.69, 9.17) is 9.72 Å². The SMILES string of the molecule is COc1cccc2c1nc(-c1ccc(-c3ccc4c(c3)CC=C4)cc1)n2CC1CCN(C(=O)C2CC2)C1. The molecule has 0 spiro atoms. The van der Waals surface area contributed by atoms with Crippen LogP contribution in [0.25, 0.3) is 39.6 Å². The molecule has 1 atom stereocenters. The number of aromatic nitrogens is 2. The van der Waals surface area contributed by atoms with Crippen LogP contribution in [0.4, 0.5) is 0 Å². The Kier molecular flexibility index (Phi) is 5.38. The van der Waals surface area contributed by atoms with Gasteiger partial charge in [0.25, 0.3) is 0 Å². The number of hydrogen-bond acceptors (Lipinski definition) is 3. The second-order valence-corrected chi connectivity index (χ2v) is 10.7. The van der Waals surface area contributed by atoms with Crippen molar-refractivity contribution < 1.29 is 9.53 Å². The van der Waals surface area contributed by atoms with Crippen molar-refractivity contribution in [3.63, 3.8) is 0 Å². The number of ether oxygens (including phenoxy) is 1. The lowest BCUT2D eigenvalue weighted by Gasteiger charge is -2.18. The van der Waals surface area contributed by atoms with Gasteiger partial charge < -0.3 is 14.2 Å². The number of methoxy groups -OCH3 is 1. The van der Waals surface area contributed by atoms with Gasteiger partial charge in [0.2, 0.25) is 5.91 Å². The number of fused-ring (bicyclic) bond motifs is 2. The van der Waals surface area contributed by atoms with Crippen LogP contribution in [0.5, 0.6) is 5.75 Å². The number of amides is 1. The molecule has 1 amide bonds. The summed E-state index contributed by atoms with van der Waals surface area (Å²) in [6.07, 6.45) is 8.60. The van der Waals surface area contributed by atoms with Gasteiger partial charge >= 0.3 is 0 Å². The van der Waals surface area contributed by atoms with Crippen molar-refractivity contribution in [2.75, 3.05) is 20.2 Å². The van der Waals surface area contributed by atoms with E-state index < -0.39 is 0 Å². The molecular weight excluding hydrogens is 458 g/mol. The average Bonchev–Trinajstić information content (AvgIpc) is 3.32. The third kappa shape index (κ3) is 4.03. The summed E-state index contributed by atoms with van der Waals surface area (Å²) in [7, 11) is 1.70. The Hall–Kier alpha value is -3.86. The molecule has 4 aromatic rings. The predicted molar refractivity (Wildman–Crippen MR) is 147 cm³/mol. The number of allylic oxidation sites excluding steroid dienone is 1. The molecule has 2 aliphatic carbocycles. The van der Waals surface area contributed by atoms with E-state index in [2.05, 4.69) is 70.1 Å². The molecule has 3 aromatic carbocycles. The van der Waals surface area contributed by atoms with Gasteiger partial charge in [-0.3, -0.25) is 4.79 Å². The molecule has 0 N–H and O–H groups in total. The van der Waals surface area contributed by atoms with Crippen LogP contribution in [-0.4, -0.2) is 40.6 Å². The summed E-state index contributed by atoms with van der Waals surface area (Å²) in [6.45, 7) is 2.55. The number of para-hydroxylation sites is 1. The Morgan fingerprint density at radius 3 is 2.62 bits per heavy atom. The minimum atomic E-state index is 0.285. The maximum absolute atomic E-state index is 12.6. The van der Waals surface area contributed by atoms with E-state index in [1.54, 1.807) is 7.11 Å². The molecule has 0 radical (unpaired) electrons. The van der Waals surface area contributed by atoms with Crippen molar-refractivity contribution in [2.24, 2.45) is 11.8 Å². The van der Waals surface area contributed by atoms with Crippen LogP contribution in [0.2, 0.25) is 0 Å². The lowest BCUT2D eigenvalue weighted by molar-refractivity contribution is -0.131. The normalized spacial score (nSPS) is 18.5. The number of likely N-dealkylation sites (tertiary alicyclic amines) is 1. The Morgan fingerprint density at radius 2 is 1.81 bits per heavy atom. The van der Waals surface area contributed by atoms with Crippen LogP contribution in [0.1, 0.15) is 30.4 Å². The van der Waals surface area contributed by atoms with E-state index in [1.165, 1.54) is 22.3 Å². The number of imidazole rings is 1. The maximum Gasteiger partial charge on any atom is 0.225 e. The van der Waals surface area contributed by atoms with E-state index in [0.717, 1.165) is 73.5 Å². The van der Waals surface area contributed by atoms with Gasteiger partial charge in [-0.15, -0.1) is 0 Å². The quantitative estimate of drug-likeness (QED) is 0.324. The summed E-state index contributed by atoms with van der Waals surface area (Å²) >= 11 is 0. The van der Waals surface area contributed by atoms with Crippen molar-refractivity contribution in [3.05, 3.63) is 77.9 Å². The average molecular weight is 490 g/mol. The topological polar surface area (TPSA) is 47.4 Å². The first kappa shape index (κ1) is 22.3. The summed E-state index contributed by atoms with van der Waals surface area (Å²) in [5, 5.41) is 0. The molecule has 2 fully saturated rings. The van der Waals surface area contributed by atoms with Crippen LogP contribution in [0, 0.1) is 11.8 Å². The van der Waals surface area contributed by atoms with Gasteiger partial charge in [-0.1, -0.05) is 60.7 Å². The first-order valence-electron chi connectivity index (χ1n) is 13.4. The highest BCUT2D eigenvalue weighted by molar-refractivity contribution is 5.86. The van der Waals surface area contributed by atoms with Crippen molar-refractivity contribution in [2.45, 2.75) is 32.2 Å². The van der Waals surface area contributed by atoms with Crippen molar-refractivity contribution in [1.82, 2.24) is 14.5 Å². The number of benzene rings is 3. The molecule has 1 aromatic heterocycles. The molecule has 5 nitrogen and oxygen atoms in total. The fourth-order valence-electron chi connectivity index (χ4n) is 5.97. The first-order valence-corrected chi connectivity index (χ1v) is 13.4. The molecular formula is C32H31N3O2. The highest BCUT2D eigenvalue weighted by Gasteiger charge is 2.37. The first-order chi connectivity index (χ1) is 18.2. The van der Waals surface area contributed by atoms with E-state index in [1.807, 2.05) is 12.1 Å².